The summed E-state index contributed by atoms with van der Waals surface area (Å²) in [4.78, 5) is 0. The molecule has 16 heavy (non-hydrogen) atoms. The fourth-order valence-electron chi connectivity index (χ4n) is 1.62. The number of benzene rings is 2. The molecular formula is C13H13BO2. The molecule has 0 heterocycles. The van der Waals surface area contributed by atoms with Crippen molar-refractivity contribution in [3.05, 3.63) is 54.1 Å². The summed E-state index contributed by atoms with van der Waals surface area (Å²) < 4.78 is 0. The first-order valence-electron chi connectivity index (χ1n) is 5.20. The molecule has 2 aromatic carbocycles. The highest BCUT2D eigenvalue weighted by Gasteiger charge is 2.10. The van der Waals surface area contributed by atoms with E-state index in [0.29, 0.717) is 5.46 Å². The first-order chi connectivity index (χ1) is 7.66. The zero-order valence-corrected chi connectivity index (χ0v) is 9.09. The van der Waals surface area contributed by atoms with Crippen molar-refractivity contribution in [2.45, 2.75) is 6.92 Å². The third-order valence-electron chi connectivity index (χ3n) is 2.57. The lowest BCUT2D eigenvalue weighted by atomic mass is 9.79. The van der Waals surface area contributed by atoms with Crippen LogP contribution in [-0.2, 0) is 0 Å². The van der Waals surface area contributed by atoms with Crippen LogP contribution in [0.5, 0.6) is 0 Å². The largest absolute Gasteiger partial charge is 0.488 e. The van der Waals surface area contributed by atoms with E-state index in [2.05, 4.69) is 0 Å². The van der Waals surface area contributed by atoms with E-state index in [4.69, 9.17) is 10.0 Å². The molecule has 0 fully saturated rings. The Morgan fingerprint density at radius 3 is 2.19 bits per heavy atom. The number of rotatable bonds is 2. The zero-order chi connectivity index (χ0) is 11.5. The highest BCUT2D eigenvalue weighted by Crippen LogP contribution is 2.18. The smallest absolute Gasteiger partial charge is 0.423 e. The summed E-state index contributed by atoms with van der Waals surface area (Å²) in [6.07, 6.45) is 0. The van der Waals surface area contributed by atoms with Gasteiger partial charge in [0.15, 0.2) is 0 Å². The molecule has 2 N–H and O–H groups in total. The Kier molecular flexibility index (Phi) is 3.08. The van der Waals surface area contributed by atoms with Gasteiger partial charge in [-0.2, -0.15) is 0 Å². The Morgan fingerprint density at radius 1 is 0.875 bits per heavy atom. The van der Waals surface area contributed by atoms with E-state index < -0.39 is 7.12 Å². The molecule has 0 aliphatic carbocycles. The monoisotopic (exact) mass is 212 g/mol. The zero-order valence-electron chi connectivity index (χ0n) is 9.09. The summed E-state index contributed by atoms with van der Waals surface area (Å²) in [5.41, 5.74) is 3.79. The molecular weight excluding hydrogens is 199 g/mol. The molecule has 0 unspecified atom stereocenters. The Hall–Kier alpha value is -1.58. The molecule has 0 amide bonds. The van der Waals surface area contributed by atoms with Crippen molar-refractivity contribution in [2.75, 3.05) is 0 Å². The molecule has 2 nitrogen and oxygen atoms in total. The van der Waals surface area contributed by atoms with E-state index in [1.165, 1.54) is 5.56 Å². The summed E-state index contributed by atoms with van der Waals surface area (Å²) in [5.74, 6) is 0. The van der Waals surface area contributed by atoms with Gasteiger partial charge in [0.1, 0.15) is 0 Å². The fourth-order valence-corrected chi connectivity index (χ4v) is 1.62. The Bertz CT molecular complexity index is 478. The fraction of sp³-hybridized carbons (Fsp3) is 0.0769. The molecule has 2 aromatic rings. The minimum atomic E-state index is -1.41. The maximum Gasteiger partial charge on any atom is 0.488 e. The highest BCUT2D eigenvalue weighted by molar-refractivity contribution is 6.58. The lowest BCUT2D eigenvalue weighted by Crippen LogP contribution is -2.29. The molecule has 3 heteroatoms. The maximum absolute atomic E-state index is 9.09. The Morgan fingerprint density at radius 2 is 1.56 bits per heavy atom. The van der Waals surface area contributed by atoms with Crippen molar-refractivity contribution >= 4 is 12.6 Å². The van der Waals surface area contributed by atoms with Crippen LogP contribution in [0.4, 0.5) is 0 Å². The third kappa shape index (κ3) is 2.32. The van der Waals surface area contributed by atoms with E-state index in [1.807, 2.05) is 43.3 Å². The van der Waals surface area contributed by atoms with Gasteiger partial charge in [0, 0.05) is 0 Å². The summed E-state index contributed by atoms with van der Waals surface area (Å²) >= 11 is 0. The summed E-state index contributed by atoms with van der Waals surface area (Å²) in [7, 11) is -1.41. The van der Waals surface area contributed by atoms with Crippen molar-refractivity contribution in [3.63, 3.8) is 0 Å². The topological polar surface area (TPSA) is 40.5 Å². The molecule has 0 saturated heterocycles. The second-order valence-electron chi connectivity index (χ2n) is 3.87. The maximum atomic E-state index is 9.09. The molecule has 0 saturated carbocycles. The van der Waals surface area contributed by atoms with Crippen LogP contribution < -0.4 is 5.46 Å². The lowest BCUT2D eigenvalue weighted by Gasteiger charge is -2.05. The van der Waals surface area contributed by atoms with Crippen LogP contribution in [0.15, 0.2) is 48.5 Å². The van der Waals surface area contributed by atoms with Crippen molar-refractivity contribution < 1.29 is 10.0 Å². The van der Waals surface area contributed by atoms with Gasteiger partial charge in [-0.25, -0.2) is 0 Å². The van der Waals surface area contributed by atoms with Crippen molar-refractivity contribution in [2.24, 2.45) is 0 Å². The van der Waals surface area contributed by atoms with Gasteiger partial charge in [-0.1, -0.05) is 54.1 Å². The van der Waals surface area contributed by atoms with Gasteiger partial charge in [-0.15, -0.1) is 0 Å². The molecule has 0 spiro atoms. The molecule has 0 bridgehead atoms. The van der Waals surface area contributed by atoms with Gasteiger partial charge in [0.05, 0.1) is 0 Å². The van der Waals surface area contributed by atoms with Gasteiger partial charge in [-0.05, 0) is 23.5 Å². The van der Waals surface area contributed by atoms with E-state index in [0.717, 1.165) is 11.1 Å². The van der Waals surface area contributed by atoms with E-state index in [-0.39, 0.29) is 0 Å². The van der Waals surface area contributed by atoms with Crippen LogP contribution in [0, 0.1) is 6.92 Å². The minimum absolute atomic E-state index is 0.512. The van der Waals surface area contributed by atoms with Crippen molar-refractivity contribution in [1.29, 1.82) is 0 Å². The molecule has 0 aromatic heterocycles. The van der Waals surface area contributed by atoms with Crippen LogP contribution in [0.3, 0.4) is 0 Å². The van der Waals surface area contributed by atoms with Crippen LogP contribution in [0.2, 0.25) is 0 Å². The van der Waals surface area contributed by atoms with Crippen LogP contribution in [0.25, 0.3) is 11.1 Å². The van der Waals surface area contributed by atoms with Gasteiger partial charge in [0.2, 0.25) is 0 Å². The standard InChI is InChI=1S/C13H13BO2/c1-10-5-7-11(8-6-10)12-3-2-4-13(9-12)14(15)16/h2-9,15-16H,1H3. The van der Waals surface area contributed by atoms with Gasteiger partial charge < -0.3 is 10.0 Å². The highest BCUT2D eigenvalue weighted by atomic mass is 16.4. The molecule has 0 aliphatic rings. The van der Waals surface area contributed by atoms with Crippen molar-refractivity contribution in [3.8, 4) is 11.1 Å². The normalized spacial score (nSPS) is 10.2. The molecule has 2 rings (SSSR count). The Labute approximate surface area is 95.3 Å². The molecule has 0 aliphatic heterocycles. The van der Waals surface area contributed by atoms with Crippen LogP contribution in [0.1, 0.15) is 5.56 Å². The van der Waals surface area contributed by atoms with E-state index >= 15 is 0 Å². The number of hydrogen-bond donors (Lipinski definition) is 2. The van der Waals surface area contributed by atoms with E-state index in [1.54, 1.807) is 12.1 Å². The summed E-state index contributed by atoms with van der Waals surface area (Å²) in [6, 6.07) is 15.4. The van der Waals surface area contributed by atoms with Gasteiger partial charge in [-0.3, -0.25) is 0 Å². The first kappa shape index (κ1) is 10.9. The summed E-state index contributed by atoms with van der Waals surface area (Å²) in [5, 5.41) is 18.2. The molecule has 0 radical (unpaired) electrons. The first-order valence-corrected chi connectivity index (χ1v) is 5.20. The van der Waals surface area contributed by atoms with Crippen LogP contribution >= 0.6 is 0 Å². The average molecular weight is 212 g/mol. The van der Waals surface area contributed by atoms with Gasteiger partial charge >= 0.3 is 7.12 Å². The predicted octanol–water partition coefficient (Wildman–Crippen LogP) is 1.34. The van der Waals surface area contributed by atoms with E-state index in [9.17, 15) is 0 Å². The van der Waals surface area contributed by atoms with Gasteiger partial charge in [0.25, 0.3) is 0 Å². The third-order valence-corrected chi connectivity index (χ3v) is 2.57. The van der Waals surface area contributed by atoms with Crippen LogP contribution in [-0.4, -0.2) is 17.2 Å². The Balaban J connectivity index is 2.40. The SMILES string of the molecule is Cc1ccc(-c2cccc(B(O)O)c2)cc1. The quantitative estimate of drug-likeness (QED) is 0.737. The lowest BCUT2D eigenvalue weighted by molar-refractivity contribution is 0.426. The molecule has 80 valence electrons. The number of hydrogen-bond acceptors (Lipinski definition) is 2. The summed E-state index contributed by atoms with van der Waals surface area (Å²) in [6.45, 7) is 2.04. The minimum Gasteiger partial charge on any atom is -0.423 e. The number of aryl methyl sites for hydroxylation is 1. The molecule has 0 atom stereocenters. The van der Waals surface area contributed by atoms with Crippen molar-refractivity contribution in [1.82, 2.24) is 0 Å². The predicted molar refractivity (Wildman–Crippen MR) is 66.4 cm³/mol. The second-order valence-corrected chi connectivity index (χ2v) is 3.87. The average Bonchev–Trinajstić information content (AvgIpc) is 2.30. The second kappa shape index (κ2) is 4.52.